The van der Waals surface area contributed by atoms with Gasteiger partial charge in [-0.2, -0.15) is 0 Å². The maximum Gasteiger partial charge on any atom is 0.138 e. The molecule has 0 radical (unpaired) electrons. The molecule has 3 rings (SSSR count). The third-order valence-corrected chi connectivity index (χ3v) is 2.96. The molecule has 0 saturated carbocycles. The first kappa shape index (κ1) is 7.39. The normalized spacial score (nSPS) is 18.7. The van der Waals surface area contributed by atoms with E-state index in [1.165, 1.54) is 20.8 Å². The number of halogens is 1. The number of allylic oxidation sites excluding steroid dienone is 4. The third kappa shape index (κ3) is 0.985. The van der Waals surface area contributed by atoms with Gasteiger partial charge in [0.2, 0.25) is 0 Å². The molecule has 0 N–H and O–H groups in total. The Morgan fingerprint density at radius 3 is 3.15 bits per heavy atom. The van der Waals surface area contributed by atoms with Gasteiger partial charge >= 0.3 is 0 Å². The van der Waals surface area contributed by atoms with Crippen LogP contribution in [0.2, 0.25) is 0 Å². The van der Waals surface area contributed by atoms with Crippen LogP contribution in [0.25, 0.3) is 11.6 Å². The van der Waals surface area contributed by atoms with Gasteiger partial charge in [0.05, 0.1) is 6.26 Å². The van der Waals surface area contributed by atoms with E-state index in [0.717, 1.165) is 11.8 Å². The van der Waals surface area contributed by atoms with E-state index in [1.807, 2.05) is 6.07 Å². The molecule has 0 fully saturated rings. The first-order valence-corrected chi connectivity index (χ1v) is 4.99. The standard InChI is InChI=1S/C11H7BrO/c12-9-2-1-7-5-8-3-4-13-11(8)10(7)6-9/h1-5H,6H2. The smallest absolute Gasteiger partial charge is 0.138 e. The van der Waals surface area contributed by atoms with Gasteiger partial charge in [-0.3, -0.25) is 0 Å². The van der Waals surface area contributed by atoms with Crippen LogP contribution in [0.4, 0.5) is 0 Å². The maximum atomic E-state index is 5.44. The van der Waals surface area contributed by atoms with Gasteiger partial charge in [-0.05, 0) is 22.2 Å². The summed E-state index contributed by atoms with van der Waals surface area (Å²) in [5, 5.41) is 1.21. The molecule has 1 aromatic heterocycles. The number of hydrogen-bond acceptors (Lipinski definition) is 1. The van der Waals surface area contributed by atoms with E-state index in [9.17, 15) is 0 Å². The lowest BCUT2D eigenvalue weighted by Gasteiger charge is -2.07. The van der Waals surface area contributed by atoms with Gasteiger partial charge in [0.25, 0.3) is 0 Å². The van der Waals surface area contributed by atoms with Gasteiger partial charge in [0.1, 0.15) is 5.42 Å². The van der Waals surface area contributed by atoms with Gasteiger partial charge in [-0.25, -0.2) is 0 Å². The predicted molar refractivity (Wildman–Crippen MR) is 55.5 cm³/mol. The minimum absolute atomic E-state index is 0.947. The van der Waals surface area contributed by atoms with Crippen LogP contribution in [0.15, 0.2) is 39.0 Å². The fourth-order valence-corrected chi connectivity index (χ4v) is 2.22. The zero-order chi connectivity index (χ0) is 8.84. The van der Waals surface area contributed by atoms with Crippen LogP contribution >= 0.6 is 15.9 Å². The molecule has 13 heavy (non-hydrogen) atoms. The average molecular weight is 235 g/mol. The summed E-state index contributed by atoms with van der Waals surface area (Å²) in [4.78, 5) is 0. The Kier molecular flexibility index (Phi) is 1.41. The molecule has 64 valence electrons. The lowest BCUT2D eigenvalue weighted by molar-refractivity contribution is 0.528. The highest BCUT2D eigenvalue weighted by Crippen LogP contribution is 2.29. The number of fused-ring (bicyclic) bond motifs is 2. The van der Waals surface area contributed by atoms with Crippen molar-refractivity contribution in [2.24, 2.45) is 0 Å². The molecule has 0 spiro atoms. The zero-order valence-corrected chi connectivity index (χ0v) is 8.47. The first-order chi connectivity index (χ1) is 6.34. The van der Waals surface area contributed by atoms with E-state index >= 15 is 0 Å². The number of rotatable bonds is 0. The summed E-state index contributed by atoms with van der Waals surface area (Å²) in [5.41, 5.74) is 3.63. The highest BCUT2D eigenvalue weighted by Gasteiger charge is 2.16. The summed E-state index contributed by atoms with van der Waals surface area (Å²) in [6.07, 6.45) is 9.09. The van der Waals surface area contributed by atoms with E-state index in [4.69, 9.17) is 4.42 Å². The molecule has 1 nitrogen and oxygen atoms in total. The molecule has 0 unspecified atom stereocenters. The zero-order valence-electron chi connectivity index (χ0n) is 6.88. The van der Waals surface area contributed by atoms with Gasteiger partial charge in [0, 0.05) is 17.2 Å². The lowest BCUT2D eigenvalue weighted by atomic mass is 10.0. The van der Waals surface area contributed by atoms with Crippen molar-refractivity contribution in [3.63, 3.8) is 0 Å². The number of hydrogen-bond donors (Lipinski definition) is 0. The van der Waals surface area contributed by atoms with E-state index in [0.29, 0.717) is 0 Å². The molecule has 0 bridgehead atoms. The van der Waals surface area contributed by atoms with Gasteiger partial charge in [-0.1, -0.05) is 28.1 Å². The second kappa shape index (κ2) is 2.48. The summed E-state index contributed by atoms with van der Waals surface area (Å²) in [7, 11) is 0. The topological polar surface area (TPSA) is 13.1 Å². The fraction of sp³-hybridized carbons (Fsp3) is 0.0909. The Hall–Kier alpha value is -1.02. The third-order valence-electron chi connectivity index (χ3n) is 2.42. The number of furan rings is 1. The van der Waals surface area contributed by atoms with E-state index in [-0.39, 0.29) is 0 Å². The van der Waals surface area contributed by atoms with E-state index in [1.54, 1.807) is 6.26 Å². The summed E-state index contributed by atoms with van der Waals surface area (Å²) >= 11 is 3.51. The maximum absolute atomic E-state index is 5.44. The Balaban J connectivity index is 2.37. The highest BCUT2D eigenvalue weighted by atomic mass is 79.9. The van der Waals surface area contributed by atoms with E-state index in [2.05, 4.69) is 34.2 Å². The van der Waals surface area contributed by atoms with E-state index < -0.39 is 0 Å². The van der Waals surface area contributed by atoms with Crippen LogP contribution in [0.1, 0.15) is 6.42 Å². The van der Waals surface area contributed by atoms with Crippen LogP contribution in [-0.2, 0) is 0 Å². The molecule has 1 aromatic rings. The molecule has 0 saturated heterocycles. The van der Waals surface area contributed by atoms with Gasteiger partial charge < -0.3 is 4.42 Å². The van der Waals surface area contributed by atoms with Crippen LogP contribution in [-0.4, -0.2) is 0 Å². The molecular formula is C11H7BrO. The van der Waals surface area contributed by atoms with Crippen LogP contribution in [0.5, 0.6) is 0 Å². The molecule has 1 heterocycles. The Morgan fingerprint density at radius 1 is 1.31 bits per heavy atom. The van der Waals surface area contributed by atoms with Crippen molar-refractivity contribution >= 4 is 27.6 Å². The molecular weight excluding hydrogens is 228 g/mol. The summed E-state index contributed by atoms with van der Waals surface area (Å²) in [5.74, 6) is 0. The second-order valence-electron chi connectivity index (χ2n) is 3.24. The lowest BCUT2D eigenvalue weighted by Crippen LogP contribution is -2.17. The van der Waals surface area contributed by atoms with Gasteiger partial charge in [0.15, 0.2) is 0 Å². The second-order valence-corrected chi connectivity index (χ2v) is 4.26. The SMILES string of the molecule is BrC1=CC=C2C=c3ccoc3=C2C1. The average Bonchev–Trinajstić information content (AvgIpc) is 2.64. The minimum Gasteiger partial charge on any atom is -0.464 e. The van der Waals surface area contributed by atoms with Crippen molar-refractivity contribution in [3.8, 4) is 0 Å². The van der Waals surface area contributed by atoms with Crippen LogP contribution in [0.3, 0.4) is 0 Å². The largest absolute Gasteiger partial charge is 0.464 e. The summed E-state index contributed by atoms with van der Waals surface area (Å²) in [6, 6.07) is 2.01. The van der Waals surface area contributed by atoms with Crippen molar-refractivity contribution in [2.45, 2.75) is 6.42 Å². The van der Waals surface area contributed by atoms with Crippen molar-refractivity contribution in [3.05, 3.63) is 45.2 Å². The minimum atomic E-state index is 0.947. The van der Waals surface area contributed by atoms with Crippen molar-refractivity contribution in [1.82, 2.24) is 0 Å². The monoisotopic (exact) mass is 234 g/mol. The molecule has 2 heteroatoms. The van der Waals surface area contributed by atoms with Crippen molar-refractivity contribution in [2.75, 3.05) is 0 Å². The Bertz CT molecular complexity index is 543. The van der Waals surface area contributed by atoms with Gasteiger partial charge in [-0.15, -0.1) is 0 Å². The summed E-state index contributed by atoms with van der Waals surface area (Å²) < 4.78 is 6.65. The molecule has 0 aromatic carbocycles. The highest BCUT2D eigenvalue weighted by molar-refractivity contribution is 9.11. The molecule has 2 aliphatic rings. The molecule has 0 amide bonds. The van der Waals surface area contributed by atoms with Crippen LogP contribution in [0, 0.1) is 0 Å². The molecule has 0 aliphatic heterocycles. The first-order valence-electron chi connectivity index (χ1n) is 4.20. The molecule has 0 atom stereocenters. The van der Waals surface area contributed by atoms with Crippen molar-refractivity contribution < 1.29 is 4.42 Å². The predicted octanol–water partition coefficient (Wildman–Crippen LogP) is 1.83. The van der Waals surface area contributed by atoms with Crippen molar-refractivity contribution in [1.29, 1.82) is 0 Å². The fourth-order valence-electron chi connectivity index (χ4n) is 1.80. The molecule has 2 aliphatic carbocycles. The van der Waals surface area contributed by atoms with Crippen LogP contribution < -0.4 is 10.6 Å². The quantitative estimate of drug-likeness (QED) is 0.668. The summed E-state index contributed by atoms with van der Waals surface area (Å²) in [6.45, 7) is 0. The Morgan fingerprint density at radius 2 is 2.23 bits per heavy atom. The Labute approximate surface area is 83.9 Å².